The third kappa shape index (κ3) is 2.92. The lowest BCUT2D eigenvalue weighted by Crippen LogP contribution is -2.42. The van der Waals surface area contributed by atoms with Gasteiger partial charge < -0.3 is 19.9 Å². The fourth-order valence-electron chi connectivity index (χ4n) is 5.70. The molecule has 0 amide bonds. The van der Waals surface area contributed by atoms with Gasteiger partial charge in [0, 0.05) is 25.1 Å². The molecule has 1 N–H and O–H groups in total. The van der Waals surface area contributed by atoms with Crippen LogP contribution >= 0.6 is 0 Å². The van der Waals surface area contributed by atoms with E-state index in [4.69, 9.17) is 14.7 Å². The summed E-state index contributed by atoms with van der Waals surface area (Å²) in [5, 5.41) is 3.80. The quantitative estimate of drug-likeness (QED) is 0.878. The Morgan fingerprint density at radius 1 is 1.19 bits per heavy atom. The van der Waals surface area contributed by atoms with E-state index in [0.717, 1.165) is 31.2 Å². The number of hydrogen-bond donors (Lipinski definition) is 1. The maximum Gasteiger partial charge on any atom is 0.227 e. The predicted octanol–water partition coefficient (Wildman–Crippen LogP) is 2.57. The van der Waals surface area contributed by atoms with Gasteiger partial charge in [-0.1, -0.05) is 6.92 Å². The zero-order valence-electron chi connectivity index (χ0n) is 17.0. The van der Waals surface area contributed by atoms with Gasteiger partial charge in [-0.05, 0) is 64.6 Å². The number of likely N-dealkylation sites (tertiary alicyclic amines) is 1. The highest BCUT2D eigenvalue weighted by Crippen LogP contribution is 2.48. The summed E-state index contributed by atoms with van der Waals surface area (Å²) in [5.74, 6) is 1.93. The molecule has 5 rings (SSSR count). The monoisotopic (exact) mass is 371 g/mol. The zero-order valence-corrected chi connectivity index (χ0v) is 17.0. The lowest BCUT2D eigenvalue weighted by molar-refractivity contribution is 0.102. The number of fused-ring (bicyclic) bond motifs is 4. The highest BCUT2D eigenvalue weighted by Gasteiger charge is 2.45. The lowest BCUT2D eigenvalue weighted by atomic mass is 9.76. The smallest absolute Gasteiger partial charge is 0.227 e. The van der Waals surface area contributed by atoms with Gasteiger partial charge in [-0.15, -0.1) is 0 Å². The van der Waals surface area contributed by atoms with Crippen LogP contribution in [0.4, 0.5) is 11.8 Å². The predicted molar refractivity (Wildman–Crippen MR) is 108 cm³/mol. The third-order valence-electron chi connectivity index (χ3n) is 7.44. The number of nitrogens with zero attached hydrogens (tertiary/aromatic N) is 4. The van der Waals surface area contributed by atoms with Crippen LogP contribution in [0.15, 0.2) is 0 Å². The van der Waals surface area contributed by atoms with Crippen molar-refractivity contribution in [1.29, 1.82) is 0 Å². The van der Waals surface area contributed by atoms with E-state index in [1.807, 2.05) is 14.1 Å². The van der Waals surface area contributed by atoms with Gasteiger partial charge in [0.2, 0.25) is 5.95 Å². The van der Waals surface area contributed by atoms with Crippen LogP contribution in [0.5, 0.6) is 0 Å². The average molecular weight is 372 g/mol. The minimum atomic E-state index is 0.260. The van der Waals surface area contributed by atoms with Gasteiger partial charge in [0.1, 0.15) is 5.82 Å². The van der Waals surface area contributed by atoms with E-state index in [1.54, 1.807) is 0 Å². The van der Waals surface area contributed by atoms with Crippen molar-refractivity contribution >= 4 is 11.8 Å². The largest absolute Gasteiger partial charge is 0.373 e. The summed E-state index contributed by atoms with van der Waals surface area (Å²) >= 11 is 0. The summed E-state index contributed by atoms with van der Waals surface area (Å²) in [5.41, 5.74) is 2.98. The maximum absolute atomic E-state index is 6.07. The zero-order chi connectivity index (χ0) is 18.6. The molecule has 0 aromatic carbocycles. The molecule has 3 aliphatic heterocycles. The molecule has 3 atom stereocenters. The van der Waals surface area contributed by atoms with E-state index in [1.165, 1.54) is 56.5 Å². The van der Waals surface area contributed by atoms with Gasteiger partial charge in [-0.25, -0.2) is 4.98 Å². The Morgan fingerprint density at radius 3 is 2.63 bits per heavy atom. The molecule has 1 spiro atoms. The van der Waals surface area contributed by atoms with Gasteiger partial charge in [-0.3, -0.25) is 0 Å². The molecule has 148 valence electrons. The molecule has 1 aromatic rings. The summed E-state index contributed by atoms with van der Waals surface area (Å²) in [4.78, 5) is 14.7. The first-order valence-corrected chi connectivity index (χ1v) is 10.8. The second-order valence-electron chi connectivity index (χ2n) is 9.17. The Labute approximate surface area is 162 Å². The molecule has 1 aliphatic carbocycles. The minimum Gasteiger partial charge on any atom is -0.373 e. The summed E-state index contributed by atoms with van der Waals surface area (Å²) in [6.45, 7) is 5.82. The van der Waals surface area contributed by atoms with Crippen molar-refractivity contribution < 1.29 is 4.74 Å². The summed E-state index contributed by atoms with van der Waals surface area (Å²) in [7, 11) is 4.10. The first kappa shape index (κ1) is 17.7. The highest BCUT2D eigenvalue weighted by atomic mass is 16.5. The molecule has 3 saturated heterocycles. The van der Waals surface area contributed by atoms with E-state index in [0.29, 0.717) is 18.2 Å². The molecule has 1 aromatic heterocycles. The van der Waals surface area contributed by atoms with Crippen LogP contribution in [-0.2, 0) is 16.6 Å². The second-order valence-corrected chi connectivity index (χ2v) is 9.17. The SMILES string of the molecule is CCN1CCC2(CCc3c(N[C@@H]4C[C@@H]5CC[C@H]4O5)nc(N(C)C)nc32)CC1. The maximum atomic E-state index is 6.07. The molecule has 6 nitrogen and oxygen atoms in total. The van der Waals surface area contributed by atoms with Crippen LogP contribution in [0.25, 0.3) is 0 Å². The number of piperidine rings is 1. The first-order chi connectivity index (χ1) is 13.1. The Kier molecular flexibility index (Phi) is 4.32. The topological polar surface area (TPSA) is 53.5 Å². The number of hydrogen-bond acceptors (Lipinski definition) is 6. The van der Waals surface area contributed by atoms with Crippen LogP contribution in [0.2, 0.25) is 0 Å². The van der Waals surface area contributed by atoms with Crippen LogP contribution in [0, 0.1) is 0 Å². The van der Waals surface area contributed by atoms with Crippen LogP contribution in [-0.4, -0.2) is 66.8 Å². The Balaban J connectivity index is 1.47. The number of rotatable bonds is 4. The van der Waals surface area contributed by atoms with E-state index < -0.39 is 0 Å². The van der Waals surface area contributed by atoms with E-state index in [-0.39, 0.29) is 5.41 Å². The minimum absolute atomic E-state index is 0.260. The van der Waals surface area contributed by atoms with E-state index >= 15 is 0 Å². The van der Waals surface area contributed by atoms with Gasteiger partial charge in [0.15, 0.2) is 0 Å². The number of nitrogens with one attached hydrogen (secondary N) is 1. The van der Waals surface area contributed by atoms with Gasteiger partial charge >= 0.3 is 0 Å². The van der Waals surface area contributed by atoms with Crippen LogP contribution in [0.1, 0.15) is 56.7 Å². The van der Waals surface area contributed by atoms with Crippen molar-refractivity contribution in [2.45, 2.75) is 75.5 Å². The van der Waals surface area contributed by atoms with Gasteiger partial charge in [0.25, 0.3) is 0 Å². The normalized spacial score (nSPS) is 31.4. The van der Waals surface area contributed by atoms with Crippen molar-refractivity contribution in [3.63, 3.8) is 0 Å². The van der Waals surface area contributed by atoms with Gasteiger partial charge in [0.05, 0.1) is 23.9 Å². The third-order valence-corrected chi connectivity index (χ3v) is 7.44. The number of anilines is 2. The highest BCUT2D eigenvalue weighted by molar-refractivity contribution is 5.56. The van der Waals surface area contributed by atoms with Crippen molar-refractivity contribution in [3.8, 4) is 0 Å². The van der Waals surface area contributed by atoms with Crippen LogP contribution in [0.3, 0.4) is 0 Å². The van der Waals surface area contributed by atoms with Crippen molar-refractivity contribution in [2.24, 2.45) is 0 Å². The standard InChI is InChI=1S/C21H33N5O/c1-4-26-11-9-21(10-12-26)8-7-15-18(21)23-20(25(2)3)24-19(15)22-16-13-14-5-6-17(16)27-14/h14,16-17H,4-13H2,1-3H3,(H,22,23,24)/t14-,16+,17+/m0/s1. The molecule has 6 heteroatoms. The Hall–Kier alpha value is -1.40. The molecule has 4 heterocycles. The molecule has 2 bridgehead atoms. The summed E-state index contributed by atoms with van der Waals surface area (Å²) in [6, 6.07) is 0.413. The number of ether oxygens (including phenoxy) is 1. The number of aromatic nitrogens is 2. The van der Waals surface area contributed by atoms with Gasteiger partial charge in [-0.2, -0.15) is 4.98 Å². The summed E-state index contributed by atoms with van der Waals surface area (Å²) in [6.07, 6.45) is 9.16. The lowest BCUT2D eigenvalue weighted by Gasteiger charge is -2.39. The van der Waals surface area contributed by atoms with E-state index in [2.05, 4.69) is 22.0 Å². The molecule has 0 saturated carbocycles. The van der Waals surface area contributed by atoms with Crippen molar-refractivity contribution in [2.75, 3.05) is 43.9 Å². The molecule has 3 fully saturated rings. The fraction of sp³-hybridized carbons (Fsp3) is 0.810. The Morgan fingerprint density at radius 2 is 2.00 bits per heavy atom. The first-order valence-electron chi connectivity index (χ1n) is 10.8. The second kappa shape index (κ2) is 6.59. The molecular formula is C21H33N5O. The van der Waals surface area contributed by atoms with Crippen LogP contribution < -0.4 is 10.2 Å². The molecule has 27 heavy (non-hydrogen) atoms. The summed E-state index contributed by atoms with van der Waals surface area (Å²) < 4.78 is 6.07. The molecule has 4 aliphatic rings. The molecule has 0 unspecified atom stereocenters. The molecular weight excluding hydrogens is 338 g/mol. The molecule has 0 radical (unpaired) electrons. The average Bonchev–Trinajstić information content (AvgIpc) is 3.38. The van der Waals surface area contributed by atoms with Crippen molar-refractivity contribution in [1.82, 2.24) is 14.9 Å². The fourth-order valence-corrected chi connectivity index (χ4v) is 5.70. The van der Waals surface area contributed by atoms with Crippen molar-refractivity contribution in [3.05, 3.63) is 11.3 Å². The Bertz CT molecular complexity index is 713. The van der Waals surface area contributed by atoms with E-state index in [9.17, 15) is 0 Å².